The van der Waals surface area contributed by atoms with E-state index < -0.39 is 0 Å². The maximum absolute atomic E-state index is 11.8. The van der Waals surface area contributed by atoms with E-state index in [-0.39, 0.29) is 17.9 Å². The average molecular weight is 225 g/mol. The van der Waals surface area contributed by atoms with Crippen molar-refractivity contribution in [3.8, 4) is 12.1 Å². The van der Waals surface area contributed by atoms with Crippen LogP contribution in [0.4, 0.5) is 0 Å². The monoisotopic (exact) mass is 225 g/mol. The predicted molar refractivity (Wildman–Crippen MR) is 62.7 cm³/mol. The van der Waals surface area contributed by atoms with Crippen LogP contribution in [0, 0.1) is 22.7 Å². The van der Waals surface area contributed by atoms with E-state index >= 15 is 0 Å². The first kappa shape index (κ1) is 12.5. The third kappa shape index (κ3) is 3.81. The number of allylic oxidation sites excluding steroid dienone is 1. The molecule has 0 heterocycles. The van der Waals surface area contributed by atoms with E-state index in [9.17, 15) is 4.79 Å². The fourth-order valence-corrected chi connectivity index (χ4v) is 1.29. The second kappa shape index (κ2) is 6.09. The summed E-state index contributed by atoms with van der Waals surface area (Å²) in [6, 6.07) is 12.4. The number of hydrogen-bond acceptors (Lipinski definition) is 4. The van der Waals surface area contributed by atoms with E-state index in [4.69, 9.17) is 10.5 Å². The van der Waals surface area contributed by atoms with Gasteiger partial charge in [-0.15, -0.1) is 0 Å². The number of likely N-dealkylation sites (N-methyl/N-ethyl adjacent to an activating group) is 1. The summed E-state index contributed by atoms with van der Waals surface area (Å²) in [6.45, 7) is 0.136. The first-order valence-corrected chi connectivity index (χ1v) is 4.98. The predicted octanol–water partition coefficient (Wildman–Crippen LogP) is 1.73. The van der Waals surface area contributed by atoms with Gasteiger partial charge in [-0.1, -0.05) is 30.3 Å². The molecule has 1 rings (SSSR count). The number of carbonyl (C=O) groups excluding carboxylic acids is 1. The van der Waals surface area contributed by atoms with Crippen molar-refractivity contribution in [2.24, 2.45) is 0 Å². The van der Waals surface area contributed by atoms with Crippen LogP contribution < -0.4 is 0 Å². The fourth-order valence-electron chi connectivity index (χ4n) is 1.29. The second-order valence-corrected chi connectivity index (χ2v) is 3.47. The molecule has 0 saturated heterocycles. The molecular formula is C13H11N3O. The molecule has 0 radical (unpaired) electrons. The van der Waals surface area contributed by atoms with Crippen LogP contribution in [-0.4, -0.2) is 24.3 Å². The smallest absolute Gasteiger partial charge is 0.182 e. The first-order valence-electron chi connectivity index (χ1n) is 4.98. The van der Waals surface area contributed by atoms with Crippen LogP contribution in [0.2, 0.25) is 0 Å². The van der Waals surface area contributed by atoms with Gasteiger partial charge in [0.25, 0.3) is 0 Å². The van der Waals surface area contributed by atoms with E-state index in [2.05, 4.69) is 0 Å². The molecule has 1 aromatic carbocycles. The Morgan fingerprint density at radius 3 is 2.41 bits per heavy atom. The Morgan fingerprint density at radius 1 is 1.29 bits per heavy atom. The van der Waals surface area contributed by atoms with Crippen molar-refractivity contribution in [3.63, 3.8) is 0 Å². The van der Waals surface area contributed by atoms with Crippen molar-refractivity contribution in [1.29, 1.82) is 10.5 Å². The Kier molecular flexibility index (Phi) is 4.47. The summed E-state index contributed by atoms with van der Waals surface area (Å²) in [4.78, 5) is 13.3. The number of nitriles is 2. The first-order chi connectivity index (χ1) is 8.17. The molecule has 0 aliphatic rings. The molecule has 0 atom stereocenters. The standard InChI is InChI=1S/C13H11N3O/c1-16(9-11(7-14)8-15)10-13(17)12-5-3-2-4-6-12/h2-6,9H,10H2,1H3. The molecule has 0 saturated carbocycles. The zero-order valence-corrected chi connectivity index (χ0v) is 9.42. The summed E-state index contributed by atoms with van der Waals surface area (Å²) in [6.07, 6.45) is 1.36. The largest absolute Gasteiger partial charge is 0.371 e. The van der Waals surface area contributed by atoms with Gasteiger partial charge >= 0.3 is 0 Å². The molecule has 4 nitrogen and oxygen atoms in total. The van der Waals surface area contributed by atoms with Gasteiger partial charge in [-0.25, -0.2) is 0 Å². The summed E-state index contributed by atoms with van der Waals surface area (Å²) >= 11 is 0. The van der Waals surface area contributed by atoms with Gasteiger partial charge in [-0.2, -0.15) is 10.5 Å². The van der Waals surface area contributed by atoms with Gasteiger partial charge in [0.15, 0.2) is 5.78 Å². The average Bonchev–Trinajstić information content (AvgIpc) is 2.37. The topological polar surface area (TPSA) is 67.9 Å². The van der Waals surface area contributed by atoms with Crippen LogP contribution in [0.5, 0.6) is 0 Å². The lowest BCUT2D eigenvalue weighted by Crippen LogP contribution is -2.21. The molecule has 0 N–H and O–H groups in total. The highest BCUT2D eigenvalue weighted by Crippen LogP contribution is 2.02. The summed E-state index contributed by atoms with van der Waals surface area (Å²) in [7, 11) is 1.65. The molecule has 0 aliphatic carbocycles. The molecule has 17 heavy (non-hydrogen) atoms. The van der Waals surface area contributed by atoms with Crippen LogP contribution in [0.15, 0.2) is 42.1 Å². The van der Waals surface area contributed by atoms with Gasteiger partial charge in [0.2, 0.25) is 0 Å². The summed E-state index contributed by atoms with van der Waals surface area (Å²) in [5.74, 6) is -0.0559. The molecule has 0 bridgehead atoms. The molecule has 0 aliphatic heterocycles. The summed E-state index contributed by atoms with van der Waals surface area (Å²) in [5, 5.41) is 17.1. The molecule has 84 valence electrons. The molecule has 0 spiro atoms. The van der Waals surface area contributed by atoms with Crippen LogP contribution in [0.25, 0.3) is 0 Å². The number of benzene rings is 1. The SMILES string of the molecule is CN(C=C(C#N)C#N)CC(=O)c1ccccc1. The number of hydrogen-bond donors (Lipinski definition) is 0. The van der Waals surface area contributed by atoms with E-state index in [1.807, 2.05) is 6.07 Å². The molecule has 0 fully saturated rings. The maximum atomic E-state index is 11.8. The Hall–Kier alpha value is -2.59. The molecule has 1 aromatic rings. The van der Waals surface area contributed by atoms with Crippen molar-refractivity contribution < 1.29 is 4.79 Å². The number of Topliss-reactive ketones (excluding diaryl/α,β-unsaturated/α-hetero) is 1. The third-order valence-electron chi connectivity index (χ3n) is 2.08. The fraction of sp³-hybridized carbons (Fsp3) is 0.154. The van der Waals surface area contributed by atoms with E-state index in [0.717, 1.165) is 0 Å². The van der Waals surface area contributed by atoms with Gasteiger partial charge in [0.1, 0.15) is 17.7 Å². The molecule has 0 unspecified atom stereocenters. The van der Waals surface area contributed by atoms with Gasteiger partial charge in [-0.05, 0) is 0 Å². The highest BCUT2D eigenvalue weighted by molar-refractivity contribution is 5.97. The Labute approximate surface area is 100 Å². The van der Waals surface area contributed by atoms with Crippen molar-refractivity contribution in [1.82, 2.24) is 4.90 Å². The molecule has 4 heteroatoms. The van der Waals surface area contributed by atoms with E-state index in [1.165, 1.54) is 11.1 Å². The normalized spacial score (nSPS) is 8.65. The Morgan fingerprint density at radius 2 is 1.88 bits per heavy atom. The van der Waals surface area contributed by atoms with Crippen molar-refractivity contribution >= 4 is 5.78 Å². The second-order valence-electron chi connectivity index (χ2n) is 3.47. The van der Waals surface area contributed by atoms with Crippen LogP contribution in [0.3, 0.4) is 0 Å². The maximum Gasteiger partial charge on any atom is 0.182 e. The van der Waals surface area contributed by atoms with Crippen molar-refractivity contribution in [2.75, 3.05) is 13.6 Å². The Balaban J connectivity index is 2.69. The number of nitrogens with zero attached hydrogens (tertiary/aromatic N) is 3. The minimum atomic E-state index is -0.0559. The van der Waals surface area contributed by atoms with Gasteiger partial charge in [-0.3, -0.25) is 4.79 Å². The van der Waals surface area contributed by atoms with Crippen LogP contribution >= 0.6 is 0 Å². The highest BCUT2D eigenvalue weighted by Gasteiger charge is 2.07. The Bertz CT molecular complexity index is 490. The van der Waals surface area contributed by atoms with E-state index in [0.29, 0.717) is 5.56 Å². The number of rotatable bonds is 4. The van der Waals surface area contributed by atoms with Gasteiger partial charge in [0, 0.05) is 18.8 Å². The molecular weight excluding hydrogens is 214 g/mol. The van der Waals surface area contributed by atoms with Gasteiger partial charge < -0.3 is 4.90 Å². The third-order valence-corrected chi connectivity index (χ3v) is 2.08. The number of carbonyl (C=O) groups is 1. The van der Waals surface area contributed by atoms with Crippen molar-refractivity contribution in [3.05, 3.63) is 47.7 Å². The zero-order chi connectivity index (χ0) is 12.7. The van der Waals surface area contributed by atoms with Crippen molar-refractivity contribution in [2.45, 2.75) is 0 Å². The number of ketones is 1. The van der Waals surface area contributed by atoms with Crippen LogP contribution in [0.1, 0.15) is 10.4 Å². The molecule has 0 amide bonds. The quantitative estimate of drug-likeness (QED) is 0.578. The lowest BCUT2D eigenvalue weighted by Gasteiger charge is -2.12. The molecule has 0 aromatic heterocycles. The highest BCUT2D eigenvalue weighted by atomic mass is 16.1. The summed E-state index contributed by atoms with van der Waals surface area (Å²) in [5.41, 5.74) is 0.594. The zero-order valence-electron chi connectivity index (χ0n) is 9.42. The lowest BCUT2D eigenvalue weighted by molar-refractivity contribution is 0.0964. The van der Waals surface area contributed by atoms with Gasteiger partial charge in [0.05, 0.1) is 6.54 Å². The summed E-state index contributed by atoms with van der Waals surface area (Å²) < 4.78 is 0. The van der Waals surface area contributed by atoms with Crippen LogP contribution in [-0.2, 0) is 0 Å². The van der Waals surface area contributed by atoms with E-state index in [1.54, 1.807) is 43.5 Å². The lowest BCUT2D eigenvalue weighted by atomic mass is 10.1. The minimum Gasteiger partial charge on any atom is -0.371 e. The minimum absolute atomic E-state index is 0.0200.